The molecule has 0 aliphatic rings. The molecule has 0 aliphatic carbocycles. The maximum absolute atomic E-state index is 11.4. The lowest BCUT2D eigenvalue weighted by atomic mass is 10.2. The van der Waals surface area contributed by atoms with Crippen LogP contribution in [-0.2, 0) is 4.74 Å². The molecule has 0 radical (unpaired) electrons. The number of nitrogen functional groups attached to an aromatic ring is 1. The van der Waals surface area contributed by atoms with Gasteiger partial charge in [0.1, 0.15) is 6.61 Å². The number of anilines is 1. The number of esters is 1. The molecule has 4 nitrogen and oxygen atoms in total. The van der Waals surface area contributed by atoms with Gasteiger partial charge >= 0.3 is 5.97 Å². The lowest BCUT2D eigenvalue weighted by molar-refractivity contribution is 0.0296. The molecule has 0 aliphatic heterocycles. The molecule has 0 saturated carbocycles. The highest BCUT2D eigenvalue weighted by atomic mass is 35.5. The van der Waals surface area contributed by atoms with Gasteiger partial charge < -0.3 is 15.6 Å². The Morgan fingerprint density at radius 1 is 1.67 bits per heavy atom. The summed E-state index contributed by atoms with van der Waals surface area (Å²) < 4.78 is 4.80. The largest absolute Gasteiger partial charge is 0.459 e. The monoisotopic (exact) mass is 229 g/mol. The van der Waals surface area contributed by atoms with E-state index in [1.807, 2.05) is 0 Å². The van der Waals surface area contributed by atoms with E-state index in [2.05, 4.69) is 0 Å². The van der Waals surface area contributed by atoms with Crippen molar-refractivity contribution in [2.75, 3.05) is 12.3 Å². The number of rotatable bonds is 3. The molecule has 3 N–H and O–H groups in total. The van der Waals surface area contributed by atoms with E-state index in [0.29, 0.717) is 5.69 Å². The highest BCUT2D eigenvalue weighted by Gasteiger charge is 2.12. The molecule has 1 aromatic rings. The van der Waals surface area contributed by atoms with Gasteiger partial charge in [0, 0.05) is 5.69 Å². The highest BCUT2D eigenvalue weighted by Crippen LogP contribution is 2.19. The Hall–Kier alpha value is -1.26. The number of ether oxygens (including phenoxy) is 1. The van der Waals surface area contributed by atoms with Crippen molar-refractivity contribution in [1.82, 2.24) is 0 Å². The van der Waals surface area contributed by atoms with Crippen molar-refractivity contribution in [2.24, 2.45) is 0 Å². The first-order valence-electron chi connectivity index (χ1n) is 4.41. The van der Waals surface area contributed by atoms with Gasteiger partial charge in [-0.25, -0.2) is 4.79 Å². The standard InChI is InChI=1S/C10H12ClNO3/c1-6(13)5-15-10(14)8-3-2-7(12)4-9(8)11/h2-4,6,13H,5,12H2,1H3. The second kappa shape index (κ2) is 5.00. The van der Waals surface area contributed by atoms with E-state index in [0.717, 1.165) is 0 Å². The lowest BCUT2D eigenvalue weighted by Gasteiger charge is -2.07. The number of halogens is 1. The van der Waals surface area contributed by atoms with Crippen LogP contribution in [0.2, 0.25) is 5.02 Å². The third-order valence-electron chi connectivity index (χ3n) is 1.67. The fourth-order valence-corrected chi connectivity index (χ4v) is 1.24. The average Bonchev–Trinajstić information content (AvgIpc) is 2.14. The molecule has 0 heterocycles. The quantitative estimate of drug-likeness (QED) is 0.608. The average molecular weight is 230 g/mol. The third kappa shape index (κ3) is 3.42. The minimum Gasteiger partial charge on any atom is -0.459 e. The number of hydrogen-bond donors (Lipinski definition) is 2. The number of carbonyl (C=O) groups excluding carboxylic acids is 1. The summed E-state index contributed by atoms with van der Waals surface area (Å²) >= 11 is 5.80. The molecule has 1 aromatic carbocycles. The minimum atomic E-state index is -0.693. The van der Waals surface area contributed by atoms with Gasteiger partial charge in [-0.3, -0.25) is 0 Å². The van der Waals surface area contributed by atoms with E-state index in [1.54, 1.807) is 6.07 Å². The van der Waals surface area contributed by atoms with Crippen molar-refractivity contribution in [2.45, 2.75) is 13.0 Å². The Balaban J connectivity index is 2.74. The number of benzene rings is 1. The van der Waals surface area contributed by atoms with Crippen LogP contribution in [0, 0.1) is 0 Å². The van der Waals surface area contributed by atoms with Gasteiger partial charge in [0.25, 0.3) is 0 Å². The molecule has 0 fully saturated rings. The highest BCUT2D eigenvalue weighted by molar-refractivity contribution is 6.33. The van der Waals surface area contributed by atoms with Crippen LogP contribution in [0.15, 0.2) is 18.2 Å². The van der Waals surface area contributed by atoms with Gasteiger partial charge in [0.2, 0.25) is 0 Å². The Morgan fingerprint density at radius 3 is 2.87 bits per heavy atom. The van der Waals surface area contributed by atoms with E-state index in [1.165, 1.54) is 19.1 Å². The SMILES string of the molecule is CC(O)COC(=O)c1ccc(N)cc1Cl. The lowest BCUT2D eigenvalue weighted by Crippen LogP contribution is -2.15. The van der Waals surface area contributed by atoms with Crippen LogP contribution >= 0.6 is 11.6 Å². The fraction of sp³-hybridized carbons (Fsp3) is 0.300. The predicted molar refractivity (Wildman–Crippen MR) is 57.8 cm³/mol. The summed E-state index contributed by atoms with van der Waals surface area (Å²) in [7, 11) is 0. The number of carbonyl (C=O) groups is 1. The Morgan fingerprint density at radius 2 is 2.33 bits per heavy atom. The zero-order valence-corrected chi connectivity index (χ0v) is 8.99. The molecule has 5 heteroatoms. The zero-order valence-electron chi connectivity index (χ0n) is 8.24. The summed E-state index contributed by atoms with van der Waals surface area (Å²) in [5, 5.41) is 9.17. The molecule has 1 unspecified atom stereocenters. The molecule has 0 amide bonds. The van der Waals surface area contributed by atoms with Crippen molar-refractivity contribution in [3.8, 4) is 0 Å². The van der Waals surface area contributed by atoms with Gasteiger partial charge in [-0.1, -0.05) is 11.6 Å². The molecule has 0 bridgehead atoms. The van der Waals surface area contributed by atoms with Crippen LogP contribution in [-0.4, -0.2) is 23.8 Å². The third-order valence-corrected chi connectivity index (χ3v) is 1.98. The van der Waals surface area contributed by atoms with E-state index < -0.39 is 12.1 Å². The first-order chi connectivity index (χ1) is 7.00. The second-order valence-electron chi connectivity index (χ2n) is 3.19. The molecular weight excluding hydrogens is 218 g/mol. The van der Waals surface area contributed by atoms with Gasteiger partial charge in [0.05, 0.1) is 16.7 Å². The summed E-state index contributed by atoms with van der Waals surface area (Å²) in [5.74, 6) is -0.569. The molecule has 1 atom stereocenters. The first kappa shape index (κ1) is 11.8. The summed E-state index contributed by atoms with van der Waals surface area (Å²) in [6.07, 6.45) is -0.693. The normalized spacial score (nSPS) is 12.2. The van der Waals surface area contributed by atoms with Crippen molar-refractivity contribution < 1.29 is 14.6 Å². The zero-order chi connectivity index (χ0) is 11.4. The molecular formula is C10H12ClNO3. The van der Waals surface area contributed by atoms with Crippen molar-refractivity contribution >= 4 is 23.3 Å². The van der Waals surface area contributed by atoms with Crippen LogP contribution in [0.25, 0.3) is 0 Å². The fourth-order valence-electron chi connectivity index (χ4n) is 0.971. The van der Waals surface area contributed by atoms with Crippen LogP contribution in [0.4, 0.5) is 5.69 Å². The Kier molecular flexibility index (Phi) is 3.94. The number of hydrogen-bond acceptors (Lipinski definition) is 4. The van der Waals surface area contributed by atoms with E-state index in [4.69, 9.17) is 27.2 Å². The maximum atomic E-state index is 11.4. The smallest absolute Gasteiger partial charge is 0.339 e. The summed E-state index contributed by atoms with van der Waals surface area (Å²) in [6, 6.07) is 4.52. The van der Waals surface area contributed by atoms with Crippen molar-refractivity contribution in [3.63, 3.8) is 0 Å². The van der Waals surface area contributed by atoms with Crippen molar-refractivity contribution in [1.29, 1.82) is 0 Å². The second-order valence-corrected chi connectivity index (χ2v) is 3.59. The van der Waals surface area contributed by atoms with Crippen LogP contribution in [0.3, 0.4) is 0 Å². The number of aliphatic hydroxyl groups excluding tert-OH is 1. The molecule has 15 heavy (non-hydrogen) atoms. The summed E-state index contributed by atoms with van der Waals surface area (Å²) in [5.41, 5.74) is 6.19. The number of aliphatic hydroxyl groups is 1. The summed E-state index contributed by atoms with van der Waals surface area (Å²) in [6.45, 7) is 1.47. The van der Waals surface area contributed by atoms with Crippen LogP contribution in [0.5, 0.6) is 0 Å². The molecule has 82 valence electrons. The first-order valence-corrected chi connectivity index (χ1v) is 4.78. The van der Waals surface area contributed by atoms with Crippen molar-refractivity contribution in [3.05, 3.63) is 28.8 Å². The van der Waals surface area contributed by atoms with Crippen LogP contribution in [0.1, 0.15) is 17.3 Å². The summed E-state index contributed by atoms with van der Waals surface area (Å²) in [4.78, 5) is 11.4. The van der Waals surface area contributed by atoms with Gasteiger partial charge in [-0.2, -0.15) is 0 Å². The van der Waals surface area contributed by atoms with E-state index in [-0.39, 0.29) is 17.2 Å². The van der Waals surface area contributed by atoms with Crippen LogP contribution < -0.4 is 5.73 Å². The molecule has 0 saturated heterocycles. The maximum Gasteiger partial charge on any atom is 0.339 e. The number of nitrogens with two attached hydrogens (primary N) is 1. The minimum absolute atomic E-state index is 0.0560. The molecule has 0 aromatic heterocycles. The molecule has 1 rings (SSSR count). The predicted octanol–water partition coefficient (Wildman–Crippen LogP) is 1.46. The van der Waals surface area contributed by atoms with Gasteiger partial charge in [-0.05, 0) is 25.1 Å². The topological polar surface area (TPSA) is 72.5 Å². The van der Waals surface area contributed by atoms with Gasteiger partial charge in [0.15, 0.2) is 0 Å². The Bertz CT molecular complexity index is 366. The van der Waals surface area contributed by atoms with E-state index in [9.17, 15) is 4.79 Å². The molecule has 0 spiro atoms. The Labute approximate surface area is 92.6 Å². The van der Waals surface area contributed by atoms with Gasteiger partial charge in [-0.15, -0.1) is 0 Å². The van der Waals surface area contributed by atoms with E-state index >= 15 is 0 Å².